The molecule has 0 spiro atoms. The van der Waals surface area contributed by atoms with E-state index in [0.717, 1.165) is 28.2 Å². The molecule has 0 N–H and O–H groups in total. The van der Waals surface area contributed by atoms with Crippen LogP contribution in [0.2, 0.25) is 5.02 Å². The summed E-state index contributed by atoms with van der Waals surface area (Å²) in [5, 5.41) is 6.28. The predicted octanol–water partition coefficient (Wildman–Crippen LogP) is 6.00. The number of imide groups is 1. The number of hydrogen-bond donors (Lipinski definition) is 0. The number of anilines is 1. The van der Waals surface area contributed by atoms with Gasteiger partial charge in [0, 0.05) is 5.02 Å². The Balaban J connectivity index is 1.67. The largest absolute Gasteiger partial charge is 0.573 e. The van der Waals surface area contributed by atoms with Crippen LogP contribution in [0.25, 0.3) is 0 Å². The van der Waals surface area contributed by atoms with E-state index in [1.165, 1.54) is 17.1 Å². The van der Waals surface area contributed by atoms with Gasteiger partial charge < -0.3 is 4.74 Å². The lowest BCUT2D eigenvalue weighted by molar-refractivity contribution is -0.274. The van der Waals surface area contributed by atoms with Crippen molar-refractivity contribution >= 4 is 35.4 Å². The van der Waals surface area contributed by atoms with Crippen molar-refractivity contribution in [2.24, 2.45) is 5.10 Å². The van der Waals surface area contributed by atoms with Gasteiger partial charge in [0.1, 0.15) is 5.75 Å². The van der Waals surface area contributed by atoms with Gasteiger partial charge in [0.2, 0.25) is 6.41 Å². The second kappa shape index (κ2) is 9.42. The molecule has 180 valence electrons. The summed E-state index contributed by atoms with van der Waals surface area (Å²) in [7, 11) is 0. The maximum absolute atomic E-state index is 13.3. The molecule has 10 heteroatoms. The van der Waals surface area contributed by atoms with Gasteiger partial charge in [-0.1, -0.05) is 54.1 Å². The molecule has 3 aromatic rings. The fourth-order valence-electron chi connectivity index (χ4n) is 3.92. The SMILES string of the molecule is CC1(c2ccccc2)CN(C(=O)N(C=O)c2ccc(OC(F)(F)F)cc2)N=C1c1ccc(Cl)cc1. The van der Waals surface area contributed by atoms with Gasteiger partial charge in [0.25, 0.3) is 0 Å². The summed E-state index contributed by atoms with van der Waals surface area (Å²) < 4.78 is 41.2. The van der Waals surface area contributed by atoms with Crippen LogP contribution in [0, 0.1) is 0 Å². The predicted molar refractivity (Wildman–Crippen MR) is 126 cm³/mol. The minimum Gasteiger partial charge on any atom is -0.406 e. The number of ether oxygens (including phenoxy) is 1. The number of carbonyl (C=O) groups excluding carboxylic acids is 2. The van der Waals surface area contributed by atoms with E-state index in [4.69, 9.17) is 11.6 Å². The van der Waals surface area contributed by atoms with Gasteiger partial charge in [-0.15, -0.1) is 13.2 Å². The Morgan fingerprint density at radius 3 is 2.26 bits per heavy atom. The van der Waals surface area contributed by atoms with Crippen molar-refractivity contribution < 1.29 is 27.5 Å². The zero-order valence-electron chi connectivity index (χ0n) is 18.4. The average Bonchev–Trinajstić information content (AvgIpc) is 3.19. The molecular weight excluding hydrogens is 483 g/mol. The number of urea groups is 1. The quantitative estimate of drug-likeness (QED) is 0.403. The molecule has 1 aliphatic heterocycles. The van der Waals surface area contributed by atoms with Crippen LogP contribution in [0.15, 0.2) is 84.0 Å². The fourth-order valence-corrected chi connectivity index (χ4v) is 4.04. The second-order valence-electron chi connectivity index (χ2n) is 8.01. The van der Waals surface area contributed by atoms with Crippen molar-refractivity contribution in [3.63, 3.8) is 0 Å². The third-order valence-electron chi connectivity index (χ3n) is 5.62. The van der Waals surface area contributed by atoms with Crippen LogP contribution in [0.3, 0.4) is 0 Å². The van der Waals surface area contributed by atoms with Crippen molar-refractivity contribution in [2.45, 2.75) is 18.7 Å². The van der Waals surface area contributed by atoms with Gasteiger partial charge in [-0.3, -0.25) is 4.79 Å². The van der Waals surface area contributed by atoms with Gasteiger partial charge >= 0.3 is 12.4 Å². The Kier molecular flexibility index (Phi) is 6.53. The number of benzene rings is 3. The highest BCUT2D eigenvalue weighted by Crippen LogP contribution is 2.36. The van der Waals surface area contributed by atoms with Crippen molar-refractivity contribution in [1.29, 1.82) is 0 Å². The van der Waals surface area contributed by atoms with E-state index < -0.39 is 23.6 Å². The molecule has 6 nitrogen and oxygen atoms in total. The number of rotatable bonds is 5. The molecule has 1 aliphatic rings. The summed E-state index contributed by atoms with van der Waals surface area (Å²) in [6.07, 6.45) is -4.57. The van der Waals surface area contributed by atoms with E-state index in [9.17, 15) is 22.8 Å². The number of hydrogen-bond acceptors (Lipinski definition) is 4. The number of carbonyl (C=O) groups is 2. The molecular formula is C25H19ClF3N3O3. The lowest BCUT2D eigenvalue weighted by atomic mass is 9.76. The molecule has 1 atom stereocenters. The van der Waals surface area contributed by atoms with Crippen LogP contribution in [-0.4, -0.2) is 36.1 Å². The Bertz CT molecular complexity index is 1250. The van der Waals surface area contributed by atoms with Crippen LogP contribution in [0.1, 0.15) is 18.1 Å². The van der Waals surface area contributed by atoms with Gasteiger partial charge in [0.05, 0.1) is 23.4 Å². The highest BCUT2D eigenvalue weighted by Gasteiger charge is 2.44. The van der Waals surface area contributed by atoms with Crippen LogP contribution in [-0.2, 0) is 10.2 Å². The molecule has 0 radical (unpaired) electrons. The third-order valence-corrected chi connectivity index (χ3v) is 5.87. The highest BCUT2D eigenvalue weighted by atomic mass is 35.5. The first kappa shape index (κ1) is 24.3. The smallest absolute Gasteiger partial charge is 0.406 e. The zero-order chi connectivity index (χ0) is 25.2. The maximum atomic E-state index is 13.3. The van der Waals surface area contributed by atoms with Crippen molar-refractivity contribution in [2.75, 3.05) is 11.4 Å². The van der Waals surface area contributed by atoms with Crippen LogP contribution in [0.5, 0.6) is 5.75 Å². The van der Waals surface area contributed by atoms with E-state index in [1.54, 1.807) is 24.3 Å². The minimum atomic E-state index is -4.86. The second-order valence-corrected chi connectivity index (χ2v) is 8.45. The molecule has 1 unspecified atom stereocenters. The molecule has 0 aliphatic carbocycles. The summed E-state index contributed by atoms with van der Waals surface area (Å²) >= 11 is 6.04. The van der Waals surface area contributed by atoms with E-state index in [-0.39, 0.29) is 18.6 Å². The first-order chi connectivity index (χ1) is 16.6. The van der Waals surface area contributed by atoms with Crippen LogP contribution >= 0.6 is 11.6 Å². The standard InChI is InChI=1S/C25H19ClF3N3O3/c1-24(18-5-3-2-4-6-18)15-32(30-22(24)17-7-9-19(26)10-8-17)23(34)31(16-33)20-11-13-21(14-12-20)35-25(27,28)29/h2-14,16H,15H2,1H3. The highest BCUT2D eigenvalue weighted by molar-refractivity contribution is 6.30. The van der Waals surface area contributed by atoms with Gasteiger partial charge in [0.15, 0.2) is 0 Å². The maximum Gasteiger partial charge on any atom is 0.573 e. The number of hydrazone groups is 1. The zero-order valence-corrected chi connectivity index (χ0v) is 19.1. The van der Waals surface area contributed by atoms with E-state index in [2.05, 4.69) is 9.84 Å². The Hall–Kier alpha value is -3.85. The van der Waals surface area contributed by atoms with E-state index >= 15 is 0 Å². The summed E-state index contributed by atoms with van der Waals surface area (Å²) in [6, 6.07) is 20.2. The van der Waals surface area contributed by atoms with Crippen molar-refractivity contribution in [1.82, 2.24) is 5.01 Å². The number of alkyl halides is 3. The number of nitrogens with zero attached hydrogens (tertiary/aromatic N) is 3. The minimum absolute atomic E-state index is 0.0658. The van der Waals surface area contributed by atoms with Crippen molar-refractivity contribution in [3.8, 4) is 5.75 Å². The van der Waals surface area contributed by atoms with Gasteiger partial charge in [-0.25, -0.2) is 14.7 Å². The van der Waals surface area contributed by atoms with E-state index in [0.29, 0.717) is 10.7 Å². The summed E-state index contributed by atoms with van der Waals surface area (Å²) in [4.78, 5) is 25.9. The molecule has 3 aromatic carbocycles. The van der Waals surface area contributed by atoms with Crippen LogP contribution in [0.4, 0.5) is 23.7 Å². The molecule has 0 bridgehead atoms. The molecule has 3 amide bonds. The molecule has 0 saturated heterocycles. The first-order valence-corrected chi connectivity index (χ1v) is 10.8. The monoisotopic (exact) mass is 501 g/mol. The number of amides is 3. The van der Waals surface area contributed by atoms with Gasteiger partial charge in [-0.05, 0) is 54.4 Å². The average molecular weight is 502 g/mol. The Morgan fingerprint density at radius 1 is 1.06 bits per heavy atom. The molecule has 0 saturated carbocycles. The summed E-state index contributed by atoms with van der Waals surface area (Å²) in [5.41, 5.74) is 1.63. The van der Waals surface area contributed by atoms with Crippen molar-refractivity contribution in [3.05, 3.63) is 95.0 Å². The van der Waals surface area contributed by atoms with Crippen LogP contribution < -0.4 is 9.64 Å². The summed E-state index contributed by atoms with van der Waals surface area (Å²) in [6.45, 7) is 2.07. The molecule has 4 rings (SSSR count). The Labute approximate surface area is 204 Å². The first-order valence-electron chi connectivity index (χ1n) is 10.4. The molecule has 0 fully saturated rings. The fraction of sp³-hybridized carbons (Fsp3) is 0.160. The molecule has 35 heavy (non-hydrogen) atoms. The third kappa shape index (κ3) is 5.14. The normalized spacial score (nSPS) is 17.6. The molecule has 1 heterocycles. The Morgan fingerprint density at radius 2 is 1.69 bits per heavy atom. The van der Waals surface area contributed by atoms with Gasteiger partial charge in [-0.2, -0.15) is 5.10 Å². The summed E-state index contributed by atoms with van der Waals surface area (Å²) in [5.74, 6) is -0.472. The molecule has 0 aromatic heterocycles. The number of halogens is 4. The van der Waals surface area contributed by atoms with E-state index in [1.807, 2.05) is 37.3 Å². The lowest BCUT2D eigenvalue weighted by Gasteiger charge is -2.28. The topological polar surface area (TPSA) is 62.2 Å². The lowest BCUT2D eigenvalue weighted by Crippen LogP contribution is -2.43.